The third-order valence-electron chi connectivity index (χ3n) is 3.92. The van der Waals surface area contributed by atoms with Crippen LogP contribution in [0.15, 0.2) is 10.9 Å². The molecule has 1 aliphatic carbocycles. The maximum atomic E-state index is 12.1. The average molecular weight is 367 g/mol. The van der Waals surface area contributed by atoms with Crippen molar-refractivity contribution >= 4 is 39.1 Å². The van der Waals surface area contributed by atoms with Crippen LogP contribution in [0.2, 0.25) is 10.0 Å². The monoisotopic (exact) mass is 365 g/mol. The molecule has 19 heavy (non-hydrogen) atoms. The molecular weight excluding hydrogens is 349 g/mol. The van der Waals surface area contributed by atoms with Gasteiger partial charge in [0.1, 0.15) is 5.02 Å². The largest absolute Gasteiger partial charge is 0.309 e. The number of pyridine rings is 1. The van der Waals surface area contributed by atoms with Crippen LogP contribution in [0.25, 0.3) is 0 Å². The van der Waals surface area contributed by atoms with Gasteiger partial charge in [0.15, 0.2) is 0 Å². The standard InChI is InChI=1S/C14H18BrCl2NO/c15-9-13-11(16)8-12(17)14(19)18(13)7-6-10-4-2-1-3-5-10/h8,10H,1-7,9H2. The van der Waals surface area contributed by atoms with Crippen molar-refractivity contribution in [3.8, 4) is 0 Å². The number of aromatic nitrogens is 1. The Hall–Kier alpha value is 0.01000. The van der Waals surface area contributed by atoms with E-state index in [1.165, 1.54) is 32.1 Å². The number of nitrogens with zero attached hydrogens (tertiary/aromatic N) is 1. The summed E-state index contributed by atoms with van der Waals surface area (Å²) in [6.07, 6.45) is 7.60. The van der Waals surface area contributed by atoms with Crippen LogP contribution in [0.3, 0.4) is 0 Å². The molecule has 0 unspecified atom stereocenters. The van der Waals surface area contributed by atoms with Crippen molar-refractivity contribution in [1.82, 2.24) is 4.57 Å². The minimum absolute atomic E-state index is 0.128. The molecule has 0 saturated heterocycles. The highest BCUT2D eigenvalue weighted by atomic mass is 79.9. The van der Waals surface area contributed by atoms with Crippen molar-refractivity contribution in [1.29, 1.82) is 0 Å². The van der Waals surface area contributed by atoms with Crippen molar-refractivity contribution in [2.45, 2.75) is 50.4 Å². The second-order valence-electron chi connectivity index (χ2n) is 5.17. The Labute approximate surface area is 132 Å². The van der Waals surface area contributed by atoms with Crippen LogP contribution in [0, 0.1) is 5.92 Å². The highest BCUT2D eigenvalue weighted by Gasteiger charge is 2.16. The highest BCUT2D eigenvalue weighted by Crippen LogP contribution is 2.27. The van der Waals surface area contributed by atoms with Crippen molar-refractivity contribution < 1.29 is 0 Å². The second kappa shape index (κ2) is 7.14. The van der Waals surface area contributed by atoms with E-state index in [0.29, 0.717) is 16.9 Å². The van der Waals surface area contributed by atoms with E-state index in [4.69, 9.17) is 23.2 Å². The van der Waals surface area contributed by atoms with E-state index in [9.17, 15) is 4.79 Å². The van der Waals surface area contributed by atoms with Crippen LogP contribution in [0.1, 0.15) is 44.2 Å². The van der Waals surface area contributed by atoms with E-state index < -0.39 is 0 Å². The number of hydrogen-bond donors (Lipinski definition) is 0. The van der Waals surface area contributed by atoms with Crippen LogP contribution >= 0.6 is 39.1 Å². The van der Waals surface area contributed by atoms with Crippen molar-refractivity contribution in [2.75, 3.05) is 0 Å². The summed E-state index contributed by atoms with van der Waals surface area (Å²) in [5.41, 5.74) is 0.697. The summed E-state index contributed by atoms with van der Waals surface area (Å²) in [7, 11) is 0. The first kappa shape index (κ1) is 15.4. The lowest BCUT2D eigenvalue weighted by molar-refractivity contribution is 0.321. The summed E-state index contributed by atoms with van der Waals surface area (Å²) < 4.78 is 1.73. The van der Waals surface area contributed by atoms with Gasteiger partial charge in [-0.2, -0.15) is 0 Å². The van der Waals surface area contributed by atoms with Gasteiger partial charge in [0, 0.05) is 11.9 Å². The minimum atomic E-state index is -0.128. The number of alkyl halides is 1. The van der Waals surface area contributed by atoms with Gasteiger partial charge < -0.3 is 4.57 Å². The molecule has 2 rings (SSSR count). The molecule has 0 amide bonds. The predicted molar refractivity (Wildman–Crippen MR) is 84.5 cm³/mol. The van der Waals surface area contributed by atoms with Crippen molar-refractivity contribution in [3.63, 3.8) is 0 Å². The molecule has 0 bridgehead atoms. The van der Waals surface area contributed by atoms with Gasteiger partial charge in [0.05, 0.1) is 10.7 Å². The van der Waals surface area contributed by atoms with E-state index in [-0.39, 0.29) is 10.6 Å². The molecule has 106 valence electrons. The van der Waals surface area contributed by atoms with Crippen LogP contribution in [-0.4, -0.2) is 4.57 Å². The number of rotatable bonds is 4. The highest BCUT2D eigenvalue weighted by molar-refractivity contribution is 9.08. The summed E-state index contributed by atoms with van der Waals surface area (Å²) in [6.45, 7) is 0.713. The summed E-state index contributed by atoms with van der Waals surface area (Å²) in [5, 5.41) is 1.34. The molecule has 0 N–H and O–H groups in total. The lowest BCUT2D eigenvalue weighted by Gasteiger charge is -2.22. The SMILES string of the molecule is O=c1c(Cl)cc(Cl)c(CBr)n1CCC1CCCCC1. The summed E-state index contributed by atoms with van der Waals surface area (Å²) in [5.74, 6) is 0.738. The van der Waals surface area contributed by atoms with Gasteiger partial charge in [0.2, 0.25) is 0 Å². The third-order valence-corrected chi connectivity index (χ3v) is 5.05. The maximum Gasteiger partial charge on any atom is 0.269 e. The Morgan fingerprint density at radius 1 is 1.21 bits per heavy atom. The Balaban J connectivity index is 2.16. The van der Waals surface area contributed by atoms with Crippen molar-refractivity contribution in [3.05, 3.63) is 32.2 Å². The van der Waals surface area contributed by atoms with E-state index in [1.54, 1.807) is 10.6 Å². The molecule has 0 aliphatic heterocycles. The van der Waals surface area contributed by atoms with Gasteiger partial charge in [-0.25, -0.2) is 0 Å². The smallest absolute Gasteiger partial charge is 0.269 e. The Morgan fingerprint density at radius 3 is 2.53 bits per heavy atom. The zero-order valence-electron chi connectivity index (χ0n) is 10.8. The first-order chi connectivity index (χ1) is 9.13. The van der Waals surface area contributed by atoms with Gasteiger partial charge in [-0.15, -0.1) is 0 Å². The van der Waals surface area contributed by atoms with Crippen LogP contribution in [0.4, 0.5) is 0 Å². The predicted octanol–water partition coefficient (Wildman–Crippen LogP) is 5.02. The molecule has 1 heterocycles. The number of hydrogen-bond acceptors (Lipinski definition) is 1. The van der Waals surface area contributed by atoms with Crippen LogP contribution < -0.4 is 5.56 Å². The molecule has 1 fully saturated rings. The molecule has 0 radical (unpaired) electrons. The maximum absolute atomic E-state index is 12.1. The minimum Gasteiger partial charge on any atom is -0.309 e. The molecule has 1 saturated carbocycles. The van der Waals surface area contributed by atoms with E-state index in [2.05, 4.69) is 15.9 Å². The van der Waals surface area contributed by atoms with Crippen LogP contribution in [0.5, 0.6) is 0 Å². The molecule has 1 aromatic rings. The fourth-order valence-corrected chi connectivity index (χ4v) is 4.11. The lowest BCUT2D eigenvalue weighted by Crippen LogP contribution is -2.25. The molecule has 1 aromatic heterocycles. The Morgan fingerprint density at radius 2 is 1.89 bits per heavy atom. The summed E-state index contributed by atoms with van der Waals surface area (Å²) in [4.78, 5) is 12.1. The second-order valence-corrected chi connectivity index (χ2v) is 6.55. The molecule has 1 aliphatic rings. The van der Waals surface area contributed by atoms with Gasteiger partial charge >= 0.3 is 0 Å². The normalized spacial score (nSPS) is 16.8. The fourth-order valence-electron chi connectivity index (χ4n) is 2.80. The zero-order chi connectivity index (χ0) is 13.8. The van der Waals surface area contributed by atoms with Crippen molar-refractivity contribution in [2.24, 2.45) is 5.92 Å². The molecule has 2 nitrogen and oxygen atoms in total. The number of halogens is 3. The molecule has 0 spiro atoms. The van der Waals surface area contributed by atoms with Crippen LogP contribution in [-0.2, 0) is 11.9 Å². The topological polar surface area (TPSA) is 22.0 Å². The molecule has 5 heteroatoms. The van der Waals surface area contributed by atoms with Gasteiger partial charge in [-0.3, -0.25) is 4.79 Å². The van der Waals surface area contributed by atoms with Gasteiger partial charge in [-0.05, 0) is 18.4 Å². The molecule has 0 atom stereocenters. The third kappa shape index (κ3) is 3.77. The molecule has 0 aromatic carbocycles. The van der Waals surface area contributed by atoms with E-state index >= 15 is 0 Å². The van der Waals surface area contributed by atoms with Gasteiger partial charge in [0.25, 0.3) is 5.56 Å². The first-order valence-corrected chi connectivity index (χ1v) is 8.65. The Bertz CT molecular complexity index is 495. The summed E-state index contributed by atoms with van der Waals surface area (Å²) >= 11 is 15.5. The summed E-state index contributed by atoms with van der Waals surface area (Å²) in [6, 6.07) is 1.54. The average Bonchev–Trinajstić information content (AvgIpc) is 2.42. The first-order valence-electron chi connectivity index (χ1n) is 6.77. The van der Waals surface area contributed by atoms with E-state index in [0.717, 1.165) is 18.0 Å². The molecular formula is C14H18BrCl2NO. The fraction of sp³-hybridized carbons (Fsp3) is 0.643. The van der Waals surface area contributed by atoms with Gasteiger partial charge in [-0.1, -0.05) is 71.2 Å². The lowest BCUT2D eigenvalue weighted by atomic mass is 9.87. The Kier molecular flexibility index (Phi) is 5.79. The zero-order valence-corrected chi connectivity index (χ0v) is 13.9. The van der Waals surface area contributed by atoms with E-state index in [1.807, 2.05) is 0 Å². The quantitative estimate of drug-likeness (QED) is 0.685.